The molecule has 0 aliphatic heterocycles. The van der Waals surface area contributed by atoms with Crippen molar-refractivity contribution in [1.82, 2.24) is 5.32 Å². The number of hydrogen-bond donors (Lipinski definition) is 1. The van der Waals surface area contributed by atoms with Gasteiger partial charge in [0.05, 0.1) is 0 Å². The molecule has 0 saturated heterocycles. The Kier molecular flexibility index (Phi) is 6.14. The van der Waals surface area contributed by atoms with Gasteiger partial charge >= 0.3 is 6.09 Å². The van der Waals surface area contributed by atoms with Crippen molar-refractivity contribution in [2.24, 2.45) is 0 Å². The molecule has 21 heavy (non-hydrogen) atoms. The number of benzene rings is 1. The summed E-state index contributed by atoms with van der Waals surface area (Å²) < 4.78 is 29.7. The van der Waals surface area contributed by atoms with Crippen LogP contribution in [0, 0.1) is 0 Å². The molecule has 1 amide bonds. The van der Waals surface area contributed by atoms with Crippen molar-refractivity contribution in [2.75, 3.05) is 0 Å². The second-order valence-electron chi connectivity index (χ2n) is 5.21. The highest BCUT2D eigenvalue weighted by Crippen LogP contribution is 2.27. The third-order valence-electron chi connectivity index (χ3n) is 2.25. The van der Waals surface area contributed by atoms with Crippen molar-refractivity contribution in [2.45, 2.75) is 43.1 Å². The summed E-state index contributed by atoms with van der Waals surface area (Å²) in [6.45, 7) is 5.09. The highest BCUT2D eigenvalue weighted by molar-refractivity contribution is 7.99. The first-order valence-electron chi connectivity index (χ1n) is 6.21. The topological polar surface area (TPSA) is 55.4 Å². The molecule has 1 atom stereocenters. The summed E-state index contributed by atoms with van der Waals surface area (Å²) in [6.07, 6.45) is -0.220. The maximum Gasteiger partial charge on any atom is 0.408 e. The molecule has 1 aromatic carbocycles. The molecular formula is C14H17F2NO3S. The third kappa shape index (κ3) is 6.57. The lowest BCUT2D eigenvalue weighted by Crippen LogP contribution is -2.35. The first-order chi connectivity index (χ1) is 9.71. The van der Waals surface area contributed by atoms with Crippen LogP contribution in [0.1, 0.15) is 32.4 Å². The van der Waals surface area contributed by atoms with Crippen molar-refractivity contribution in [1.29, 1.82) is 0 Å². The maximum atomic E-state index is 12.3. The van der Waals surface area contributed by atoms with Crippen molar-refractivity contribution in [3.63, 3.8) is 0 Å². The molecule has 0 aliphatic rings. The molecule has 1 aromatic rings. The van der Waals surface area contributed by atoms with Crippen molar-refractivity contribution in [3.8, 4) is 0 Å². The lowest BCUT2D eigenvalue weighted by molar-refractivity contribution is -0.109. The summed E-state index contributed by atoms with van der Waals surface area (Å²) in [6, 6.07) is 5.13. The molecule has 7 heteroatoms. The van der Waals surface area contributed by atoms with Crippen LogP contribution >= 0.6 is 11.8 Å². The monoisotopic (exact) mass is 317 g/mol. The fourth-order valence-electron chi connectivity index (χ4n) is 1.51. The van der Waals surface area contributed by atoms with Crippen LogP contribution in [0.25, 0.3) is 0 Å². The fourth-order valence-corrected chi connectivity index (χ4v) is 2.08. The number of hydrogen-bond acceptors (Lipinski definition) is 4. The lowest BCUT2D eigenvalue weighted by atomic mass is 10.1. The Labute approximate surface area is 126 Å². The van der Waals surface area contributed by atoms with Gasteiger partial charge < -0.3 is 14.8 Å². The largest absolute Gasteiger partial charge is 0.444 e. The van der Waals surface area contributed by atoms with Gasteiger partial charge in [0.15, 0.2) is 0 Å². The zero-order valence-corrected chi connectivity index (χ0v) is 12.7. The fraction of sp³-hybridized carbons (Fsp3) is 0.429. The molecular weight excluding hydrogens is 300 g/mol. The average Bonchev–Trinajstić information content (AvgIpc) is 2.33. The first-order valence-corrected chi connectivity index (χ1v) is 7.09. The Balaban J connectivity index is 2.80. The highest BCUT2D eigenvalue weighted by atomic mass is 32.2. The van der Waals surface area contributed by atoms with Gasteiger partial charge in [-0.2, -0.15) is 8.78 Å². The Morgan fingerprint density at radius 1 is 1.38 bits per heavy atom. The summed E-state index contributed by atoms with van der Waals surface area (Å²) >= 11 is 0.376. The second kappa shape index (κ2) is 7.40. The second-order valence-corrected chi connectivity index (χ2v) is 6.27. The van der Waals surface area contributed by atoms with E-state index in [4.69, 9.17) is 4.74 Å². The van der Waals surface area contributed by atoms with E-state index >= 15 is 0 Å². The number of alkyl halides is 2. The van der Waals surface area contributed by atoms with Crippen molar-refractivity contribution >= 4 is 24.1 Å². The van der Waals surface area contributed by atoms with Gasteiger partial charge in [0.1, 0.15) is 17.9 Å². The molecule has 0 fully saturated rings. The molecule has 116 valence electrons. The van der Waals surface area contributed by atoms with Gasteiger partial charge in [-0.1, -0.05) is 23.9 Å². The number of alkyl carbamates (subject to hydrolysis) is 1. The zero-order valence-electron chi connectivity index (χ0n) is 11.9. The predicted molar refractivity (Wildman–Crippen MR) is 76.5 cm³/mol. The van der Waals surface area contributed by atoms with Crippen LogP contribution < -0.4 is 5.32 Å². The lowest BCUT2D eigenvalue weighted by Gasteiger charge is -2.21. The number of amides is 1. The van der Waals surface area contributed by atoms with Crippen LogP contribution in [0.5, 0.6) is 0 Å². The molecule has 1 rings (SSSR count). The molecule has 4 nitrogen and oxygen atoms in total. The molecule has 0 heterocycles. The quantitative estimate of drug-likeness (QED) is 0.663. The summed E-state index contributed by atoms with van der Waals surface area (Å²) in [5, 5.41) is 2.39. The standard InChI is InChI=1S/C14H17F2NO3S/c1-14(2,3)20-13(19)17-11(8-18)9-5-4-6-10(7-9)21-12(15)16/h4-8,11-12H,1-3H3,(H,17,19). The van der Waals surface area contributed by atoms with E-state index in [2.05, 4.69) is 5.32 Å². The third-order valence-corrected chi connectivity index (χ3v) is 2.95. The smallest absolute Gasteiger partial charge is 0.408 e. The van der Waals surface area contributed by atoms with Gasteiger partial charge in [0.25, 0.3) is 5.76 Å². The first kappa shape index (κ1) is 17.4. The molecule has 0 radical (unpaired) electrons. The van der Waals surface area contributed by atoms with Gasteiger partial charge in [-0.25, -0.2) is 4.79 Å². The van der Waals surface area contributed by atoms with Crippen LogP contribution in [0.2, 0.25) is 0 Å². The minimum absolute atomic E-state index is 0.320. The summed E-state index contributed by atoms with van der Waals surface area (Å²) in [4.78, 5) is 23.1. The van der Waals surface area contributed by atoms with Crippen LogP contribution in [0.15, 0.2) is 29.2 Å². The van der Waals surface area contributed by atoms with Crippen molar-refractivity contribution in [3.05, 3.63) is 29.8 Å². The Morgan fingerprint density at radius 2 is 2.05 bits per heavy atom. The molecule has 1 N–H and O–H groups in total. The van der Waals surface area contributed by atoms with Gasteiger partial charge in [-0.3, -0.25) is 0 Å². The van der Waals surface area contributed by atoms with E-state index < -0.39 is 23.5 Å². The number of rotatable bonds is 5. The summed E-state index contributed by atoms with van der Waals surface area (Å²) in [5.41, 5.74) is -0.272. The normalized spacial score (nSPS) is 12.9. The number of ether oxygens (including phenoxy) is 1. The van der Waals surface area contributed by atoms with E-state index in [0.29, 0.717) is 28.5 Å². The van der Waals surface area contributed by atoms with Gasteiger partial charge in [0, 0.05) is 4.90 Å². The molecule has 0 aromatic heterocycles. The number of aldehydes is 1. The van der Waals surface area contributed by atoms with Crippen LogP contribution in [0.4, 0.5) is 13.6 Å². The summed E-state index contributed by atoms with van der Waals surface area (Å²) in [5.74, 6) is -2.55. The van der Waals surface area contributed by atoms with E-state index in [-0.39, 0.29) is 0 Å². The number of halogens is 2. The maximum absolute atomic E-state index is 12.3. The van der Waals surface area contributed by atoms with E-state index in [9.17, 15) is 18.4 Å². The number of carbonyl (C=O) groups is 2. The number of thioether (sulfide) groups is 1. The van der Waals surface area contributed by atoms with Crippen molar-refractivity contribution < 1.29 is 23.1 Å². The predicted octanol–water partition coefficient (Wildman–Crippen LogP) is 3.77. The Bertz CT molecular complexity index is 503. The SMILES string of the molecule is CC(C)(C)OC(=O)NC(C=O)c1cccc(SC(F)F)c1. The number of carbonyl (C=O) groups excluding carboxylic acids is 2. The minimum Gasteiger partial charge on any atom is -0.444 e. The Morgan fingerprint density at radius 3 is 2.57 bits per heavy atom. The van der Waals surface area contributed by atoms with E-state index in [1.54, 1.807) is 32.9 Å². The highest BCUT2D eigenvalue weighted by Gasteiger charge is 2.20. The number of nitrogens with one attached hydrogen (secondary N) is 1. The summed E-state index contributed by atoms with van der Waals surface area (Å²) in [7, 11) is 0. The van der Waals surface area contributed by atoms with E-state index in [0.717, 1.165) is 0 Å². The Hall–Kier alpha value is -1.63. The van der Waals surface area contributed by atoms with Crippen LogP contribution in [-0.4, -0.2) is 23.7 Å². The van der Waals surface area contributed by atoms with Gasteiger partial charge in [-0.15, -0.1) is 0 Å². The molecule has 0 bridgehead atoms. The zero-order chi connectivity index (χ0) is 16.0. The van der Waals surface area contributed by atoms with E-state index in [1.165, 1.54) is 12.1 Å². The molecule has 0 aliphatic carbocycles. The minimum atomic E-state index is -2.55. The van der Waals surface area contributed by atoms with Gasteiger partial charge in [0.2, 0.25) is 0 Å². The van der Waals surface area contributed by atoms with Crippen LogP contribution in [0.3, 0.4) is 0 Å². The van der Waals surface area contributed by atoms with E-state index in [1.807, 2.05) is 0 Å². The molecule has 0 saturated carbocycles. The molecule has 1 unspecified atom stereocenters. The average molecular weight is 317 g/mol. The van der Waals surface area contributed by atoms with Crippen LogP contribution in [-0.2, 0) is 9.53 Å². The van der Waals surface area contributed by atoms with Gasteiger partial charge in [-0.05, 0) is 38.5 Å². The molecule has 0 spiro atoms.